The molecule has 0 aromatic carbocycles. The Kier molecular flexibility index (Phi) is 2.36. The third kappa shape index (κ3) is 1.49. The molecule has 8 heavy (non-hydrogen) atoms. The maximum atomic E-state index is 4.83. The lowest BCUT2D eigenvalue weighted by Gasteiger charge is -1.83. The topological polar surface area (TPSA) is 13.1 Å². The van der Waals surface area contributed by atoms with Crippen LogP contribution in [0, 0.1) is 0 Å². The molecule has 0 fully saturated rings. The zero-order chi connectivity index (χ0) is 5.82. The molecule has 0 N–H and O–H groups in total. The average Bonchev–Trinajstić information content (AvgIpc) is 2.19. The van der Waals surface area contributed by atoms with Crippen molar-refractivity contribution in [2.75, 3.05) is 6.26 Å². The van der Waals surface area contributed by atoms with Gasteiger partial charge in [0.05, 0.1) is 11.2 Å². The second kappa shape index (κ2) is 3.10. The van der Waals surface area contributed by atoms with Gasteiger partial charge in [0.25, 0.3) is 0 Å². The van der Waals surface area contributed by atoms with Crippen molar-refractivity contribution in [2.24, 2.45) is 0 Å². The molecule has 1 nitrogen and oxygen atoms in total. The second-order valence-corrected chi connectivity index (χ2v) is 3.68. The Balaban J connectivity index is 2.50. The second-order valence-electron chi connectivity index (χ2n) is 1.21. The first kappa shape index (κ1) is 6.11. The summed E-state index contributed by atoms with van der Waals surface area (Å²) in [5.41, 5.74) is 0. The molecule has 3 heteroatoms. The smallest absolute Gasteiger partial charge is 0.105 e. The molecule has 1 aromatic heterocycles. The first-order valence-corrected chi connectivity index (χ1v) is 4.72. The highest BCUT2D eigenvalue weighted by Crippen LogP contribution is 2.27. The predicted octanol–water partition coefficient (Wildman–Crippen LogP) is 2.65. The highest BCUT2D eigenvalue weighted by atomic mass is 33.1. The Morgan fingerprint density at radius 2 is 2.50 bits per heavy atom. The van der Waals surface area contributed by atoms with Crippen LogP contribution in [0.4, 0.5) is 0 Å². The summed E-state index contributed by atoms with van der Waals surface area (Å²) in [5.74, 6) is 0. The van der Waals surface area contributed by atoms with E-state index in [2.05, 4.69) is 0 Å². The van der Waals surface area contributed by atoms with Gasteiger partial charge in [-0.25, -0.2) is 0 Å². The third-order valence-corrected chi connectivity index (χ3v) is 2.34. The molecule has 0 saturated carbocycles. The van der Waals surface area contributed by atoms with Crippen LogP contribution in [0.3, 0.4) is 0 Å². The molecule has 0 unspecified atom stereocenters. The SMILES string of the molecule is CSSc1ccoc1. The average molecular weight is 146 g/mol. The van der Waals surface area contributed by atoms with Crippen LogP contribution in [0.1, 0.15) is 0 Å². The molecule has 1 aromatic rings. The van der Waals surface area contributed by atoms with Crippen LogP contribution in [0.15, 0.2) is 27.9 Å². The van der Waals surface area contributed by atoms with Crippen molar-refractivity contribution >= 4 is 21.6 Å². The first-order valence-electron chi connectivity index (χ1n) is 2.16. The fraction of sp³-hybridized carbons (Fsp3) is 0.200. The summed E-state index contributed by atoms with van der Waals surface area (Å²) in [6.45, 7) is 0. The van der Waals surface area contributed by atoms with E-state index in [1.807, 2.05) is 12.3 Å². The summed E-state index contributed by atoms with van der Waals surface area (Å²) in [6, 6.07) is 1.95. The van der Waals surface area contributed by atoms with E-state index in [9.17, 15) is 0 Å². The molecule has 0 spiro atoms. The monoisotopic (exact) mass is 146 g/mol. The van der Waals surface area contributed by atoms with Gasteiger partial charge in [-0.05, 0) is 12.3 Å². The number of furan rings is 1. The predicted molar refractivity (Wildman–Crippen MR) is 38.1 cm³/mol. The minimum Gasteiger partial charge on any atom is -0.471 e. The van der Waals surface area contributed by atoms with Gasteiger partial charge in [0.15, 0.2) is 0 Å². The lowest BCUT2D eigenvalue weighted by atomic mass is 10.7. The molecule has 0 aliphatic carbocycles. The van der Waals surface area contributed by atoms with E-state index in [4.69, 9.17) is 4.42 Å². The lowest BCUT2D eigenvalue weighted by molar-refractivity contribution is 0.562. The molecule has 0 radical (unpaired) electrons. The maximum Gasteiger partial charge on any atom is 0.105 e. The van der Waals surface area contributed by atoms with Crippen LogP contribution in [-0.4, -0.2) is 6.26 Å². The van der Waals surface area contributed by atoms with E-state index >= 15 is 0 Å². The van der Waals surface area contributed by atoms with Crippen LogP contribution < -0.4 is 0 Å². The van der Waals surface area contributed by atoms with Crippen molar-refractivity contribution in [3.63, 3.8) is 0 Å². The molecule has 0 atom stereocenters. The fourth-order valence-corrected chi connectivity index (χ4v) is 1.66. The van der Waals surface area contributed by atoms with Gasteiger partial charge < -0.3 is 4.42 Å². The van der Waals surface area contributed by atoms with Crippen molar-refractivity contribution in [1.29, 1.82) is 0 Å². The Morgan fingerprint density at radius 3 is 3.00 bits per heavy atom. The Bertz CT molecular complexity index is 136. The van der Waals surface area contributed by atoms with Gasteiger partial charge in [0.2, 0.25) is 0 Å². The maximum absolute atomic E-state index is 4.83. The molecule has 1 heterocycles. The molecule has 0 bridgehead atoms. The van der Waals surface area contributed by atoms with Gasteiger partial charge >= 0.3 is 0 Å². The van der Waals surface area contributed by atoms with Crippen LogP contribution in [0.5, 0.6) is 0 Å². The molecular weight excluding hydrogens is 140 g/mol. The van der Waals surface area contributed by atoms with Crippen molar-refractivity contribution in [3.05, 3.63) is 18.6 Å². The van der Waals surface area contributed by atoms with Crippen molar-refractivity contribution < 1.29 is 4.42 Å². The number of rotatable bonds is 2. The summed E-state index contributed by atoms with van der Waals surface area (Å²) in [7, 11) is 3.42. The molecule has 1 rings (SSSR count). The van der Waals surface area contributed by atoms with Crippen LogP contribution in [0.2, 0.25) is 0 Å². The van der Waals surface area contributed by atoms with E-state index < -0.39 is 0 Å². The van der Waals surface area contributed by atoms with Crippen molar-refractivity contribution in [2.45, 2.75) is 4.90 Å². The normalized spacial score (nSPS) is 9.62. The summed E-state index contributed by atoms with van der Waals surface area (Å²) in [4.78, 5) is 1.18. The summed E-state index contributed by atoms with van der Waals surface area (Å²) in [6.07, 6.45) is 5.46. The molecule has 0 amide bonds. The third-order valence-electron chi connectivity index (χ3n) is 0.675. The van der Waals surface area contributed by atoms with Crippen LogP contribution >= 0.6 is 21.6 Å². The minimum absolute atomic E-state index is 1.18. The van der Waals surface area contributed by atoms with E-state index in [-0.39, 0.29) is 0 Å². The van der Waals surface area contributed by atoms with Gasteiger partial charge in [-0.15, -0.1) is 0 Å². The largest absolute Gasteiger partial charge is 0.471 e. The standard InChI is InChI=1S/C5H6OS2/c1-7-8-5-2-3-6-4-5/h2-4H,1H3. The molecular formula is C5H6OS2. The highest BCUT2D eigenvalue weighted by Gasteiger charge is 1.89. The summed E-state index contributed by atoms with van der Waals surface area (Å²) in [5, 5.41) is 0. The molecule has 44 valence electrons. The van der Waals surface area contributed by atoms with Crippen LogP contribution in [-0.2, 0) is 0 Å². The molecule has 0 aliphatic heterocycles. The Hall–Kier alpha value is -0.0200. The van der Waals surface area contributed by atoms with E-state index in [0.717, 1.165) is 0 Å². The van der Waals surface area contributed by atoms with Gasteiger partial charge in [-0.2, -0.15) is 0 Å². The van der Waals surface area contributed by atoms with Gasteiger partial charge in [0, 0.05) is 0 Å². The molecule has 0 aliphatic rings. The van der Waals surface area contributed by atoms with Gasteiger partial charge in [0.1, 0.15) is 6.26 Å². The summed E-state index contributed by atoms with van der Waals surface area (Å²) >= 11 is 0. The Morgan fingerprint density at radius 1 is 1.62 bits per heavy atom. The number of hydrogen-bond donors (Lipinski definition) is 0. The highest BCUT2D eigenvalue weighted by molar-refractivity contribution is 8.76. The zero-order valence-corrected chi connectivity index (χ0v) is 6.09. The van der Waals surface area contributed by atoms with Gasteiger partial charge in [-0.1, -0.05) is 21.6 Å². The fourth-order valence-electron chi connectivity index (χ4n) is 0.396. The van der Waals surface area contributed by atoms with E-state index in [0.29, 0.717) is 0 Å². The Labute approximate surface area is 56.2 Å². The van der Waals surface area contributed by atoms with Gasteiger partial charge in [-0.3, -0.25) is 0 Å². The van der Waals surface area contributed by atoms with Crippen molar-refractivity contribution in [1.82, 2.24) is 0 Å². The zero-order valence-electron chi connectivity index (χ0n) is 4.46. The van der Waals surface area contributed by atoms with Crippen LogP contribution in [0.25, 0.3) is 0 Å². The quantitative estimate of drug-likeness (QED) is 0.595. The minimum atomic E-state index is 1.18. The summed E-state index contributed by atoms with van der Waals surface area (Å²) < 4.78 is 4.83. The number of hydrogen-bond acceptors (Lipinski definition) is 3. The molecule has 0 saturated heterocycles. The van der Waals surface area contributed by atoms with E-state index in [1.165, 1.54) is 4.90 Å². The van der Waals surface area contributed by atoms with E-state index in [1.54, 1.807) is 34.1 Å². The van der Waals surface area contributed by atoms with Crippen molar-refractivity contribution in [3.8, 4) is 0 Å². The first-order chi connectivity index (χ1) is 3.93. The lowest BCUT2D eigenvalue weighted by Crippen LogP contribution is -1.49.